The van der Waals surface area contributed by atoms with Gasteiger partial charge in [-0.2, -0.15) is 31.6 Å². The number of aliphatic imine (C=N–C) groups is 2. The molecule has 0 aliphatic heterocycles. The van der Waals surface area contributed by atoms with Crippen LogP contribution < -0.4 is 0 Å². The summed E-state index contributed by atoms with van der Waals surface area (Å²) in [6, 6.07) is 33.5. The summed E-state index contributed by atoms with van der Waals surface area (Å²) in [7, 11) is -12.0. The Kier molecular flexibility index (Phi) is 73.1. The fourth-order valence-corrected chi connectivity index (χ4v) is 2.64. The van der Waals surface area contributed by atoms with Crippen LogP contribution in [0.4, 0.5) is 74.8 Å². The van der Waals surface area contributed by atoms with Gasteiger partial charge in [0.05, 0.1) is 36.4 Å². The molecule has 0 aliphatic carbocycles. The molecule has 0 saturated carbocycles. The predicted octanol–water partition coefficient (Wildman–Crippen LogP) is 15.5. The minimum Gasteiger partial charge on any atom is -0.443 e. The molecule has 0 saturated heterocycles. The van der Waals surface area contributed by atoms with Gasteiger partial charge in [0.2, 0.25) is 0 Å². The maximum absolute atomic E-state index is 12.6. The topological polar surface area (TPSA) is 205 Å². The van der Waals surface area contributed by atoms with Crippen LogP contribution in [0.15, 0.2) is 107 Å². The van der Waals surface area contributed by atoms with Crippen molar-refractivity contribution < 1.29 is 95.8 Å². The molecule has 69 heavy (non-hydrogen) atoms. The summed E-state index contributed by atoms with van der Waals surface area (Å²) in [6.45, 7) is 14.3. The van der Waals surface area contributed by atoms with E-state index in [2.05, 4.69) is 20.6 Å². The number of nitrogens with zero attached hydrogens (tertiary/aromatic N) is 10. The zero-order valence-corrected chi connectivity index (χ0v) is 41.3. The van der Waals surface area contributed by atoms with Crippen LogP contribution in [0.25, 0.3) is 10.6 Å². The molecular weight excluding hydrogens is 1120 g/mol. The smallest absolute Gasteiger partial charge is 0.443 e. The van der Waals surface area contributed by atoms with Crippen LogP contribution in [-0.4, -0.2) is 40.4 Å². The van der Waals surface area contributed by atoms with Gasteiger partial charge in [0.1, 0.15) is 23.3 Å². The minimum atomic E-state index is -6.00. The molecule has 4 aromatic carbocycles. The Morgan fingerprint density at radius 2 is 0.580 bits per heavy atom. The van der Waals surface area contributed by atoms with Crippen LogP contribution in [0.3, 0.4) is 0 Å². The molecule has 11 nitrogen and oxygen atoms in total. The number of nitriles is 6. The van der Waals surface area contributed by atoms with E-state index in [1.165, 1.54) is 103 Å². The quantitative estimate of drug-likeness (QED) is 0.0721. The first kappa shape index (κ1) is 82.4. The number of rotatable bonds is 8. The van der Waals surface area contributed by atoms with E-state index < -0.39 is 14.5 Å². The summed E-state index contributed by atoms with van der Waals surface area (Å²) < 4.78 is 133. The number of hydrogen-bond acceptors (Lipinski definition) is 9. The van der Waals surface area contributed by atoms with Crippen molar-refractivity contribution in [2.45, 2.75) is 55.4 Å². The third kappa shape index (κ3) is 96.3. The number of benzene rings is 4. The molecule has 0 unspecified atom stereocenters. The molecule has 4 aromatic rings. The van der Waals surface area contributed by atoms with E-state index in [0.717, 1.165) is 13.2 Å². The van der Waals surface area contributed by atoms with Crippen molar-refractivity contribution in [3.8, 4) is 36.4 Å². The van der Waals surface area contributed by atoms with E-state index in [9.17, 15) is 52.1 Å². The number of ether oxygens (including phenoxy) is 1. The molecule has 0 heterocycles. The van der Waals surface area contributed by atoms with Crippen molar-refractivity contribution in [2.24, 2.45) is 9.98 Å². The van der Waals surface area contributed by atoms with Crippen molar-refractivity contribution in [3.63, 3.8) is 0 Å². The molecule has 27 heteroatoms. The summed E-state index contributed by atoms with van der Waals surface area (Å²) in [5.74, 6) is -1.22. The Balaban J connectivity index is -0.0000000910. The van der Waals surface area contributed by atoms with Gasteiger partial charge in [-0.05, 0) is 85.1 Å². The summed E-state index contributed by atoms with van der Waals surface area (Å²) in [4.78, 5) is 8.03. The molecule has 0 spiro atoms. The molecular formula is C42H46B2F12N10ORh2. The second-order valence-corrected chi connectivity index (χ2v) is 9.77. The molecule has 0 N–H and O–H groups in total. The Morgan fingerprint density at radius 1 is 0.420 bits per heavy atom. The average molecular weight is 1160 g/mol. The maximum atomic E-state index is 12.6. The third-order valence-corrected chi connectivity index (χ3v) is 4.54. The SMILES string of the molecule is CC#N.CC#N.CC#N.CC#N.CC#N.CC#N.CCOCC.F[B-](F)(F)F.F[B-](F)(F)F.Fc1ccc(N=C[N-]c2ccc(F)cc2)cc1.Fc1ccc(N=C[N-]c2ccc(F)cc2)cc1.[Rh+2].[Rh+2]. The molecule has 378 valence electrons. The van der Waals surface area contributed by atoms with E-state index in [-0.39, 0.29) is 62.2 Å². The largest absolute Gasteiger partial charge is 2.00 e. The molecule has 0 atom stereocenters. The standard InChI is InChI=1S/2C13H9F2N2.C4H10O.6C2H3N.2BF4.2Rh/c2*14-10-1-5-12(6-2-10)16-9-17-13-7-3-11(15)4-8-13;1-3-5-4-2;6*1-2-3;2*2-1(3,4)5;;/h2*1-9H;3-4H2,1-2H3;6*1H3;;;;/q2*-1;;;;;;;;2*-1;2*+2. The van der Waals surface area contributed by atoms with Crippen molar-refractivity contribution >= 4 is 49.9 Å². The third-order valence-electron chi connectivity index (χ3n) is 4.54. The van der Waals surface area contributed by atoms with Gasteiger partial charge in [0.15, 0.2) is 0 Å². The molecule has 0 aliphatic rings. The van der Waals surface area contributed by atoms with Crippen LogP contribution in [0.1, 0.15) is 55.4 Å². The van der Waals surface area contributed by atoms with Gasteiger partial charge in [-0.3, -0.25) is 0 Å². The van der Waals surface area contributed by atoms with Gasteiger partial charge in [-0.25, -0.2) is 17.6 Å². The Morgan fingerprint density at radius 3 is 0.725 bits per heavy atom. The molecule has 0 amide bonds. The van der Waals surface area contributed by atoms with Crippen LogP contribution in [0.2, 0.25) is 0 Å². The first-order valence-electron chi connectivity index (χ1n) is 18.0. The Hall–Kier alpha value is -6.74. The zero-order valence-electron chi connectivity index (χ0n) is 38.0. The molecule has 4 rings (SSSR count). The van der Waals surface area contributed by atoms with E-state index in [1.807, 2.05) is 13.8 Å². The Bertz CT molecular complexity index is 1850. The van der Waals surface area contributed by atoms with Gasteiger partial charge in [-0.1, -0.05) is 61.2 Å². The van der Waals surface area contributed by atoms with E-state index in [4.69, 9.17) is 36.3 Å². The van der Waals surface area contributed by atoms with E-state index in [0.29, 0.717) is 22.7 Å². The van der Waals surface area contributed by atoms with Crippen molar-refractivity contribution in [1.82, 2.24) is 0 Å². The molecule has 0 bridgehead atoms. The molecule has 0 aromatic heterocycles. The van der Waals surface area contributed by atoms with Gasteiger partial charge in [-0.15, -0.1) is 0 Å². The summed E-state index contributed by atoms with van der Waals surface area (Å²) in [5, 5.41) is 51.9. The van der Waals surface area contributed by atoms with Gasteiger partial charge >= 0.3 is 53.5 Å². The summed E-state index contributed by atoms with van der Waals surface area (Å²) in [5.41, 5.74) is 2.43. The first-order chi connectivity index (χ1) is 31.4. The minimum absolute atomic E-state index is 0. The second kappa shape index (κ2) is 61.3. The fraction of sp³-hybridized carbons (Fsp3) is 0.238. The first-order valence-corrected chi connectivity index (χ1v) is 18.0. The van der Waals surface area contributed by atoms with Crippen molar-refractivity contribution in [2.75, 3.05) is 13.2 Å². The van der Waals surface area contributed by atoms with Crippen LogP contribution in [0, 0.1) is 91.3 Å². The van der Waals surface area contributed by atoms with Gasteiger partial charge < -0.3 is 59.9 Å². The van der Waals surface area contributed by atoms with Crippen LogP contribution in [-0.2, 0) is 43.7 Å². The zero-order chi connectivity index (χ0) is 53.5. The summed E-state index contributed by atoms with van der Waals surface area (Å²) in [6.07, 6.45) is 2.70. The van der Waals surface area contributed by atoms with Crippen molar-refractivity contribution in [1.29, 1.82) is 31.6 Å². The second-order valence-electron chi connectivity index (χ2n) is 9.77. The van der Waals surface area contributed by atoms with E-state index in [1.54, 1.807) is 84.9 Å². The monoisotopic (exact) mass is 1160 g/mol. The van der Waals surface area contributed by atoms with E-state index >= 15 is 0 Å². The molecule has 0 fully saturated rings. The van der Waals surface area contributed by atoms with Gasteiger partial charge in [0, 0.05) is 54.8 Å². The average Bonchev–Trinajstić information content (AvgIpc) is 3.22. The fourth-order valence-electron chi connectivity index (χ4n) is 2.64. The Labute approximate surface area is 421 Å². The van der Waals surface area contributed by atoms with Crippen LogP contribution in [0.5, 0.6) is 0 Å². The van der Waals surface area contributed by atoms with Crippen LogP contribution >= 0.6 is 0 Å². The predicted molar refractivity (Wildman–Crippen MR) is 238 cm³/mol. The number of hydrogen-bond donors (Lipinski definition) is 0. The van der Waals surface area contributed by atoms with Gasteiger partial charge in [0.25, 0.3) is 0 Å². The maximum Gasteiger partial charge on any atom is 2.00 e. The van der Waals surface area contributed by atoms with Crippen molar-refractivity contribution in [3.05, 3.63) is 131 Å². The summed E-state index contributed by atoms with van der Waals surface area (Å²) >= 11 is 0. The molecule has 2 radical (unpaired) electrons. The normalized spacial score (nSPS) is 8.32. The number of halogens is 12.